The van der Waals surface area contributed by atoms with Gasteiger partial charge in [0.25, 0.3) is 0 Å². The molecule has 1 aliphatic rings. The summed E-state index contributed by atoms with van der Waals surface area (Å²) in [5.41, 5.74) is 13.0. The Morgan fingerprint density at radius 2 is 1.10 bits per heavy atom. The molecule has 0 unspecified atom stereocenters. The van der Waals surface area contributed by atoms with E-state index in [4.69, 9.17) is 0 Å². The minimum atomic E-state index is -0.208. The van der Waals surface area contributed by atoms with Crippen molar-refractivity contribution in [1.29, 1.82) is 10.5 Å². The highest BCUT2D eigenvalue weighted by atomic mass is 32.1. The number of hydrogen-bond donors (Lipinski definition) is 0. The van der Waals surface area contributed by atoms with E-state index in [1.165, 1.54) is 47.9 Å². The van der Waals surface area contributed by atoms with Gasteiger partial charge in [-0.25, -0.2) is 0 Å². The highest BCUT2D eigenvalue weighted by molar-refractivity contribution is 7.25. The molecule has 0 aliphatic heterocycles. The van der Waals surface area contributed by atoms with Crippen molar-refractivity contribution < 1.29 is 0 Å². The molecule has 5 heteroatoms. The normalized spacial score (nSPS) is 13.3. The van der Waals surface area contributed by atoms with Crippen LogP contribution in [0, 0.1) is 22.7 Å². The number of fused-ring (bicyclic) bond motifs is 13. The number of aromatic nitrogens is 2. The number of nitriles is 2. The number of benzene rings is 7. The quantitative estimate of drug-likeness (QED) is 0.182. The van der Waals surface area contributed by atoms with Gasteiger partial charge in [0.2, 0.25) is 0 Å². The summed E-state index contributed by atoms with van der Waals surface area (Å²) < 4.78 is 7.23. The van der Waals surface area contributed by atoms with Crippen LogP contribution in [0.15, 0.2) is 133 Å². The average Bonchev–Trinajstić information content (AvgIpc) is 3.89. The lowest BCUT2D eigenvalue weighted by Crippen LogP contribution is -2.16. The maximum Gasteiger partial charge on any atom is 0.0991 e. The van der Waals surface area contributed by atoms with E-state index in [2.05, 4.69) is 144 Å². The van der Waals surface area contributed by atoms with Gasteiger partial charge in [-0.05, 0) is 101 Å². The zero-order chi connectivity index (χ0) is 34.9. The molecule has 242 valence electrons. The van der Waals surface area contributed by atoms with E-state index in [0.717, 1.165) is 49.5 Å². The first-order valence-corrected chi connectivity index (χ1v) is 18.3. The molecule has 0 atom stereocenters. The van der Waals surface area contributed by atoms with Crippen molar-refractivity contribution >= 4 is 75.1 Å². The molecule has 0 radical (unpaired) electrons. The predicted octanol–water partition coefficient (Wildman–Crippen LogP) is 12.3. The maximum atomic E-state index is 9.91. The van der Waals surface area contributed by atoms with E-state index < -0.39 is 0 Å². The minimum Gasteiger partial charge on any atom is -0.309 e. The first-order valence-electron chi connectivity index (χ1n) is 17.5. The Morgan fingerprint density at radius 3 is 1.81 bits per heavy atom. The van der Waals surface area contributed by atoms with Crippen LogP contribution in [0.25, 0.3) is 86.3 Å². The Balaban J connectivity index is 1.19. The third kappa shape index (κ3) is 3.73. The number of para-hydroxylation sites is 1. The number of hydrogen-bond acceptors (Lipinski definition) is 3. The molecule has 0 fully saturated rings. The average molecular weight is 681 g/mol. The van der Waals surface area contributed by atoms with Crippen molar-refractivity contribution in [3.63, 3.8) is 0 Å². The zero-order valence-corrected chi connectivity index (χ0v) is 29.2. The van der Waals surface area contributed by atoms with Crippen molar-refractivity contribution in [3.05, 3.63) is 156 Å². The molecule has 0 saturated heterocycles. The van der Waals surface area contributed by atoms with E-state index in [0.29, 0.717) is 11.1 Å². The lowest BCUT2D eigenvalue weighted by Gasteiger charge is -2.23. The van der Waals surface area contributed by atoms with Crippen molar-refractivity contribution in [2.45, 2.75) is 19.3 Å². The molecule has 0 N–H and O–H groups in total. The molecule has 3 aromatic heterocycles. The van der Waals surface area contributed by atoms with E-state index in [-0.39, 0.29) is 5.41 Å². The maximum absolute atomic E-state index is 9.91. The number of nitrogens with zero attached hydrogens (tertiary/aromatic N) is 4. The summed E-state index contributed by atoms with van der Waals surface area (Å²) in [7, 11) is 0. The Morgan fingerprint density at radius 1 is 0.500 bits per heavy atom. The standard InChI is InChI=1S/C47H28N4S/c1-47(2)39-9-5-3-7-31(39)33-15-16-34-36-22-28(26-49)12-18-42(36)51(46(34)45(33)47)30-14-20-44-38(24-30)37-23-29(13-19-43(37)52-44)50-40-10-6-4-8-32(40)35-21-27(25-48)11-17-41(35)50/h3-24H,1-2H3. The molecule has 52 heavy (non-hydrogen) atoms. The Bertz CT molecular complexity index is 3300. The molecular formula is C47H28N4S. The van der Waals surface area contributed by atoms with Gasteiger partial charge >= 0.3 is 0 Å². The van der Waals surface area contributed by atoms with E-state index in [1.54, 1.807) is 0 Å². The smallest absolute Gasteiger partial charge is 0.0991 e. The summed E-state index contributed by atoms with van der Waals surface area (Å²) in [5.74, 6) is 0. The second-order valence-corrected chi connectivity index (χ2v) is 15.5. The van der Waals surface area contributed by atoms with Gasteiger partial charge in [-0.3, -0.25) is 0 Å². The zero-order valence-electron chi connectivity index (χ0n) is 28.4. The van der Waals surface area contributed by atoms with E-state index in [1.807, 2.05) is 35.6 Å². The van der Waals surface area contributed by atoms with Crippen LogP contribution < -0.4 is 0 Å². The fourth-order valence-electron chi connectivity index (χ4n) is 9.05. The highest BCUT2D eigenvalue weighted by Gasteiger charge is 2.38. The van der Waals surface area contributed by atoms with Crippen LogP contribution in [0.2, 0.25) is 0 Å². The Kier molecular flexibility index (Phi) is 5.71. The summed E-state index contributed by atoms with van der Waals surface area (Å²) in [5, 5.41) is 26.5. The first kappa shape index (κ1) is 29.1. The van der Waals surface area contributed by atoms with Crippen LogP contribution in [0.3, 0.4) is 0 Å². The first-order chi connectivity index (χ1) is 25.4. The monoisotopic (exact) mass is 680 g/mol. The second-order valence-electron chi connectivity index (χ2n) is 14.4. The number of thiophene rings is 1. The van der Waals surface area contributed by atoms with Gasteiger partial charge in [-0.2, -0.15) is 10.5 Å². The Labute approximate surface area is 303 Å². The number of rotatable bonds is 2. The van der Waals surface area contributed by atoms with Gasteiger partial charge in [0, 0.05) is 58.5 Å². The lowest BCUT2D eigenvalue weighted by atomic mass is 9.81. The molecule has 4 nitrogen and oxygen atoms in total. The Hall–Kier alpha value is -6.66. The largest absolute Gasteiger partial charge is 0.309 e. The van der Waals surface area contributed by atoms with Gasteiger partial charge in [0.05, 0.1) is 45.3 Å². The molecule has 7 aromatic carbocycles. The summed E-state index contributed by atoms with van der Waals surface area (Å²) >= 11 is 1.82. The van der Waals surface area contributed by atoms with Crippen LogP contribution in [0.4, 0.5) is 0 Å². The summed E-state index contributed by atoms with van der Waals surface area (Å²) in [6, 6.07) is 52.2. The third-order valence-corrected chi connectivity index (χ3v) is 12.5. The molecule has 10 aromatic rings. The molecule has 11 rings (SSSR count). The summed E-state index contributed by atoms with van der Waals surface area (Å²) in [6.45, 7) is 4.68. The van der Waals surface area contributed by atoms with Crippen molar-refractivity contribution in [3.8, 4) is 34.6 Å². The van der Waals surface area contributed by atoms with E-state index in [9.17, 15) is 10.5 Å². The molecular weight excluding hydrogens is 653 g/mol. The second kappa shape index (κ2) is 10.2. The van der Waals surface area contributed by atoms with Crippen LogP contribution in [0.5, 0.6) is 0 Å². The fraction of sp³-hybridized carbons (Fsp3) is 0.0638. The molecule has 0 bridgehead atoms. The van der Waals surface area contributed by atoms with Crippen LogP contribution in [-0.4, -0.2) is 9.13 Å². The van der Waals surface area contributed by atoms with Crippen LogP contribution in [-0.2, 0) is 5.41 Å². The van der Waals surface area contributed by atoms with E-state index >= 15 is 0 Å². The van der Waals surface area contributed by atoms with Gasteiger partial charge in [0.1, 0.15) is 0 Å². The van der Waals surface area contributed by atoms with Crippen LogP contribution in [0.1, 0.15) is 36.1 Å². The molecule has 0 saturated carbocycles. The van der Waals surface area contributed by atoms with Crippen LogP contribution >= 0.6 is 11.3 Å². The molecule has 3 heterocycles. The van der Waals surface area contributed by atoms with Gasteiger partial charge in [-0.1, -0.05) is 68.4 Å². The summed E-state index contributed by atoms with van der Waals surface area (Å²) in [4.78, 5) is 0. The topological polar surface area (TPSA) is 57.4 Å². The lowest BCUT2D eigenvalue weighted by molar-refractivity contribution is 0.664. The summed E-state index contributed by atoms with van der Waals surface area (Å²) in [6.07, 6.45) is 0. The van der Waals surface area contributed by atoms with Gasteiger partial charge in [0.15, 0.2) is 0 Å². The molecule has 1 aliphatic carbocycles. The molecule has 0 amide bonds. The molecule has 0 spiro atoms. The predicted molar refractivity (Wildman–Crippen MR) is 215 cm³/mol. The van der Waals surface area contributed by atoms with Crippen molar-refractivity contribution in [1.82, 2.24) is 9.13 Å². The van der Waals surface area contributed by atoms with Gasteiger partial charge < -0.3 is 9.13 Å². The minimum absolute atomic E-state index is 0.208. The highest BCUT2D eigenvalue weighted by Crippen LogP contribution is 2.53. The third-order valence-electron chi connectivity index (χ3n) is 11.3. The van der Waals surface area contributed by atoms with Gasteiger partial charge in [-0.15, -0.1) is 11.3 Å². The van der Waals surface area contributed by atoms with Crippen molar-refractivity contribution in [2.75, 3.05) is 0 Å². The van der Waals surface area contributed by atoms with Crippen molar-refractivity contribution in [2.24, 2.45) is 0 Å². The fourth-order valence-corrected chi connectivity index (χ4v) is 10.1. The SMILES string of the molecule is CC1(C)c2ccccc2-c2ccc3c4cc(C#N)ccc4n(-c4ccc5sc6ccc(-n7c8ccccc8c8cc(C#N)ccc87)cc6c5c4)c3c21.